The lowest BCUT2D eigenvalue weighted by molar-refractivity contribution is 0.508. The molecular weight excluding hydrogens is 218 g/mol. The van der Waals surface area contributed by atoms with Gasteiger partial charge in [0.15, 0.2) is 0 Å². The van der Waals surface area contributed by atoms with Crippen LogP contribution in [-0.4, -0.2) is 16.5 Å². The maximum absolute atomic E-state index is 11.2. The Morgan fingerprint density at radius 1 is 1.31 bits per heavy atom. The van der Waals surface area contributed by atoms with E-state index in [0.29, 0.717) is 6.04 Å². The summed E-state index contributed by atoms with van der Waals surface area (Å²) in [5, 5.41) is 3.47. The first kappa shape index (κ1) is 13.4. The number of hydrogen-bond donors (Lipinski definition) is 1. The van der Waals surface area contributed by atoms with Crippen LogP contribution in [0.25, 0.3) is 0 Å². The van der Waals surface area contributed by atoms with Crippen molar-refractivity contribution in [3.8, 4) is 0 Å². The van der Waals surface area contributed by atoms with E-state index in [4.69, 9.17) is 0 Å². The first-order valence-corrected chi connectivity index (χ1v) is 7.35. The smallest absolute Gasteiger partial charge is 0.0498 e. The Morgan fingerprint density at radius 3 is 2.44 bits per heavy atom. The summed E-state index contributed by atoms with van der Waals surface area (Å²) in [4.78, 5) is 0.894. The zero-order valence-electron chi connectivity index (χ0n) is 10.3. The summed E-state index contributed by atoms with van der Waals surface area (Å²) in [5.74, 6) is 0. The molecule has 1 rings (SSSR count). The highest BCUT2D eigenvalue weighted by Gasteiger charge is 2.01. The van der Waals surface area contributed by atoms with E-state index in [9.17, 15) is 4.21 Å². The molecule has 16 heavy (non-hydrogen) atoms. The second-order valence-electron chi connectivity index (χ2n) is 4.17. The molecule has 0 heterocycles. The van der Waals surface area contributed by atoms with E-state index in [0.717, 1.165) is 11.4 Å². The highest BCUT2D eigenvalue weighted by molar-refractivity contribution is 7.84. The van der Waals surface area contributed by atoms with Crippen molar-refractivity contribution in [2.24, 2.45) is 0 Å². The van der Waals surface area contributed by atoms with Crippen LogP contribution in [0.3, 0.4) is 0 Å². The lowest BCUT2D eigenvalue weighted by Gasteiger charge is -2.12. The van der Waals surface area contributed by atoms with Gasteiger partial charge in [0.1, 0.15) is 0 Å². The van der Waals surface area contributed by atoms with E-state index < -0.39 is 10.8 Å². The zero-order chi connectivity index (χ0) is 12.0. The largest absolute Gasteiger partial charge is 0.310 e. The molecular formula is C13H21NOS. The maximum Gasteiger partial charge on any atom is 0.0498 e. The fourth-order valence-electron chi connectivity index (χ4n) is 1.63. The molecule has 0 aliphatic rings. The van der Waals surface area contributed by atoms with Gasteiger partial charge in [0, 0.05) is 34.5 Å². The van der Waals surface area contributed by atoms with Crippen LogP contribution >= 0.6 is 0 Å². The summed E-state index contributed by atoms with van der Waals surface area (Å²) >= 11 is 0. The van der Waals surface area contributed by atoms with Gasteiger partial charge in [-0.3, -0.25) is 4.21 Å². The van der Waals surface area contributed by atoms with Crippen molar-refractivity contribution in [2.45, 2.75) is 44.2 Å². The number of nitrogens with one attached hydrogen (secondary N) is 1. The lowest BCUT2D eigenvalue weighted by atomic mass is 10.1. The highest BCUT2D eigenvalue weighted by Crippen LogP contribution is 2.08. The zero-order valence-corrected chi connectivity index (χ0v) is 11.1. The van der Waals surface area contributed by atoms with E-state index in [1.807, 2.05) is 24.3 Å². The third kappa shape index (κ3) is 4.45. The van der Waals surface area contributed by atoms with Gasteiger partial charge in [0.2, 0.25) is 0 Å². The van der Waals surface area contributed by atoms with Crippen molar-refractivity contribution in [1.29, 1.82) is 0 Å². The number of rotatable bonds is 6. The summed E-state index contributed by atoms with van der Waals surface area (Å²) in [6.45, 7) is 5.29. The third-order valence-electron chi connectivity index (χ3n) is 2.63. The standard InChI is InChI=1S/C13H21NOS/c1-4-5-11(2)14-10-12-6-8-13(9-7-12)16(3)15/h6-9,11,14H,4-5,10H2,1-3H3. The highest BCUT2D eigenvalue weighted by atomic mass is 32.2. The van der Waals surface area contributed by atoms with Gasteiger partial charge in [0.25, 0.3) is 0 Å². The molecule has 0 aliphatic carbocycles. The number of benzene rings is 1. The molecule has 0 bridgehead atoms. The second-order valence-corrected chi connectivity index (χ2v) is 5.55. The van der Waals surface area contributed by atoms with Gasteiger partial charge in [-0.25, -0.2) is 0 Å². The van der Waals surface area contributed by atoms with Crippen LogP contribution in [0, 0.1) is 0 Å². The molecule has 0 spiro atoms. The Balaban J connectivity index is 2.46. The van der Waals surface area contributed by atoms with Crippen LogP contribution in [0.5, 0.6) is 0 Å². The molecule has 2 atom stereocenters. The van der Waals surface area contributed by atoms with Crippen molar-refractivity contribution in [3.05, 3.63) is 29.8 Å². The molecule has 1 aromatic rings. The lowest BCUT2D eigenvalue weighted by Crippen LogP contribution is -2.25. The van der Waals surface area contributed by atoms with Gasteiger partial charge in [-0.2, -0.15) is 0 Å². The predicted molar refractivity (Wildman–Crippen MR) is 70.0 cm³/mol. The van der Waals surface area contributed by atoms with Crippen LogP contribution in [0.4, 0.5) is 0 Å². The minimum absolute atomic E-state index is 0.560. The molecule has 1 N–H and O–H groups in total. The molecule has 0 aliphatic heterocycles. The molecule has 0 fully saturated rings. The molecule has 0 aromatic heterocycles. The summed E-state index contributed by atoms with van der Waals surface area (Å²) in [6.07, 6.45) is 4.12. The number of hydrogen-bond acceptors (Lipinski definition) is 2. The van der Waals surface area contributed by atoms with Crippen LogP contribution in [0.2, 0.25) is 0 Å². The van der Waals surface area contributed by atoms with E-state index in [-0.39, 0.29) is 0 Å². The Morgan fingerprint density at radius 2 is 1.94 bits per heavy atom. The van der Waals surface area contributed by atoms with Gasteiger partial charge in [-0.1, -0.05) is 25.5 Å². The Hall–Kier alpha value is -0.670. The molecule has 90 valence electrons. The van der Waals surface area contributed by atoms with Gasteiger partial charge in [-0.05, 0) is 31.0 Å². The van der Waals surface area contributed by atoms with Gasteiger partial charge in [-0.15, -0.1) is 0 Å². The first-order valence-electron chi connectivity index (χ1n) is 5.79. The van der Waals surface area contributed by atoms with E-state index in [1.54, 1.807) is 6.26 Å². The molecule has 2 unspecified atom stereocenters. The van der Waals surface area contributed by atoms with Crippen molar-refractivity contribution in [1.82, 2.24) is 5.32 Å². The average Bonchev–Trinajstić information content (AvgIpc) is 2.27. The fraction of sp³-hybridized carbons (Fsp3) is 0.538. The fourth-order valence-corrected chi connectivity index (χ4v) is 2.15. The molecule has 0 amide bonds. The quantitative estimate of drug-likeness (QED) is 0.827. The second kappa shape index (κ2) is 6.81. The Labute approximate surface area is 101 Å². The van der Waals surface area contributed by atoms with Gasteiger partial charge >= 0.3 is 0 Å². The maximum atomic E-state index is 11.2. The minimum atomic E-state index is -0.873. The molecule has 0 saturated heterocycles. The van der Waals surface area contributed by atoms with Crippen LogP contribution in [0.1, 0.15) is 32.3 Å². The van der Waals surface area contributed by atoms with Crippen LogP contribution in [0.15, 0.2) is 29.2 Å². The summed E-state index contributed by atoms with van der Waals surface area (Å²) in [6, 6.07) is 8.53. The molecule has 2 nitrogen and oxygen atoms in total. The summed E-state index contributed by atoms with van der Waals surface area (Å²) in [7, 11) is -0.873. The van der Waals surface area contributed by atoms with Crippen molar-refractivity contribution in [2.75, 3.05) is 6.26 Å². The summed E-state index contributed by atoms with van der Waals surface area (Å²) in [5.41, 5.74) is 1.25. The van der Waals surface area contributed by atoms with E-state index in [2.05, 4.69) is 19.2 Å². The molecule has 0 saturated carbocycles. The van der Waals surface area contributed by atoms with Crippen molar-refractivity contribution >= 4 is 10.8 Å². The predicted octanol–water partition coefficient (Wildman–Crippen LogP) is 2.70. The van der Waals surface area contributed by atoms with Gasteiger partial charge < -0.3 is 5.32 Å². The first-order chi connectivity index (χ1) is 7.63. The normalized spacial score (nSPS) is 14.7. The Kier molecular flexibility index (Phi) is 5.71. The molecule has 1 aromatic carbocycles. The SMILES string of the molecule is CCCC(C)NCc1ccc(S(C)=O)cc1. The van der Waals surface area contributed by atoms with E-state index >= 15 is 0 Å². The topological polar surface area (TPSA) is 29.1 Å². The molecule has 0 radical (unpaired) electrons. The van der Waals surface area contributed by atoms with Crippen molar-refractivity contribution in [3.63, 3.8) is 0 Å². The van der Waals surface area contributed by atoms with Crippen LogP contribution < -0.4 is 5.32 Å². The Bertz CT molecular complexity index is 334. The minimum Gasteiger partial charge on any atom is -0.310 e. The third-order valence-corrected chi connectivity index (χ3v) is 3.57. The van der Waals surface area contributed by atoms with Crippen molar-refractivity contribution < 1.29 is 4.21 Å². The molecule has 3 heteroatoms. The average molecular weight is 239 g/mol. The summed E-state index contributed by atoms with van der Waals surface area (Å²) < 4.78 is 11.2. The van der Waals surface area contributed by atoms with Gasteiger partial charge in [0.05, 0.1) is 0 Å². The van der Waals surface area contributed by atoms with E-state index in [1.165, 1.54) is 18.4 Å². The monoisotopic (exact) mass is 239 g/mol. The van der Waals surface area contributed by atoms with Crippen LogP contribution in [-0.2, 0) is 17.3 Å².